The number of nitriles is 1. The number of hydrogen-bond donors (Lipinski definition) is 0. The summed E-state index contributed by atoms with van der Waals surface area (Å²) in [7, 11) is 0. The summed E-state index contributed by atoms with van der Waals surface area (Å²) in [5, 5.41) is 8.61. The molecule has 0 unspecified atom stereocenters. The molecule has 1 aromatic rings. The molecule has 0 aliphatic carbocycles. The average molecular weight is 238 g/mol. The van der Waals surface area contributed by atoms with Crippen LogP contribution in [-0.4, -0.2) is 13.1 Å². The highest BCUT2D eigenvalue weighted by molar-refractivity contribution is 5.52. The van der Waals surface area contributed by atoms with Crippen molar-refractivity contribution in [3.8, 4) is 6.07 Å². The van der Waals surface area contributed by atoms with E-state index >= 15 is 0 Å². The quantitative estimate of drug-likeness (QED) is 0.785. The van der Waals surface area contributed by atoms with Gasteiger partial charge in [0.15, 0.2) is 11.6 Å². The standard InChI is InChI=1S/C13H16F2N2/c1-3-7-17(8-4-2)11-6-5-10(9-16)12(14)13(11)15/h5-6H,3-4,7-8H2,1-2H3. The van der Waals surface area contributed by atoms with Crippen molar-refractivity contribution >= 4 is 5.69 Å². The number of nitrogens with zero attached hydrogens (tertiary/aromatic N) is 2. The number of halogens is 2. The number of benzene rings is 1. The minimum atomic E-state index is -1.05. The summed E-state index contributed by atoms with van der Waals surface area (Å²) < 4.78 is 27.3. The second-order valence-corrected chi connectivity index (χ2v) is 3.86. The summed E-state index contributed by atoms with van der Waals surface area (Å²) in [6, 6.07) is 4.43. The van der Waals surface area contributed by atoms with Crippen molar-refractivity contribution in [1.29, 1.82) is 5.26 Å². The predicted molar refractivity (Wildman–Crippen MR) is 63.9 cm³/mol. The lowest BCUT2D eigenvalue weighted by atomic mass is 10.1. The van der Waals surface area contributed by atoms with Gasteiger partial charge in [0.25, 0.3) is 0 Å². The summed E-state index contributed by atoms with van der Waals surface area (Å²) in [6.45, 7) is 5.33. The highest BCUT2D eigenvalue weighted by Gasteiger charge is 2.17. The minimum Gasteiger partial charge on any atom is -0.369 e. The summed E-state index contributed by atoms with van der Waals surface area (Å²) in [4.78, 5) is 1.81. The van der Waals surface area contributed by atoms with E-state index in [0.29, 0.717) is 13.1 Å². The lowest BCUT2D eigenvalue weighted by Crippen LogP contribution is -2.26. The Morgan fingerprint density at radius 1 is 1.12 bits per heavy atom. The van der Waals surface area contributed by atoms with Gasteiger partial charge in [0.1, 0.15) is 6.07 Å². The minimum absolute atomic E-state index is 0.241. The molecule has 2 nitrogen and oxygen atoms in total. The summed E-state index contributed by atoms with van der Waals surface area (Å²) in [5.41, 5.74) is -0.00982. The van der Waals surface area contributed by atoms with Crippen LogP contribution in [0.4, 0.5) is 14.5 Å². The topological polar surface area (TPSA) is 27.0 Å². The average Bonchev–Trinajstić information content (AvgIpc) is 2.32. The smallest absolute Gasteiger partial charge is 0.183 e. The molecule has 17 heavy (non-hydrogen) atoms. The molecule has 1 rings (SSSR count). The van der Waals surface area contributed by atoms with Crippen molar-refractivity contribution < 1.29 is 8.78 Å². The second-order valence-electron chi connectivity index (χ2n) is 3.86. The molecule has 0 N–H and O–H groups in total. The molecule has 0 bridgehead atoms. The third kappa shape index (κ3) is 2.94. The van der Waals surface area contributed by atoms with Crippen molar-refractivity contribution in [1.82, 2.24) is 0 Å². The van der Waals surface area contributed by atoms with Crippen LogP contribution in [0.25, 0.3) is 0 Å². The Morgan fingerprint density at radius 3 is 2.18 bits per heavy atom. The maximum atomic E-state index is 13.8. The first-order valence-electron chi connectivity index (χ1n) is 5.78. The fourth-order valence-corrected chi connectivity index (χ4v) is 1.76. The van der Waals surface area contributed by atoms with Crippen LogP contribution in [0.1, 0.15) is 32.3 Å². The van der Waals surface area contributed by atoms with Crippen molar-refractivity contribution in [3.05, 3.63) is 29.3 Å². The Labute approximate surface area is 100 Å². The van der Waals surface area contributed by atoms with Gasteiger partial charge in [0.2, 0.25) is 0 Å². The predicted octanol–water partition coefficient (Wildman–Crippen LogP) is 3.46. The van der Waals surface area contributed by atoms with E-state index < -0.39 is 11.6 Å². The van der Waals surface area contributed by atoms with Crippen molar-refractivity contribution in [3.63, 3.8) is 0 Å². The molecule has 0 aromatic heterocycles. The number of rotatable bonds is 5. The number of hydrogen-bond acceptors (Lipinski definition) is 2. The van der Waals surface area contributed by atoms with Crippen LogP contribution in [0.2, 0.25) is 0 Å². The molecule has 0 aliphatic heterocycles. The molecule has 0 spiro atoms. The van der Waals surface area contributed by atoms with E-state index in [4.69, 9.17) is 5.26 Å². The van der Waals surface area contributed by atoms with E-state index in [0.717, 1.165) is 12.8 Å². The summed E-state index contributed by atoms with van der Waals surface area (Å²) in [6.07, 6.45) is 1.72. The van der Waals surface area contributed by atoms with Gasteiger partial charge in [0, 0.05) is 13.1 Å². The van der Waals surface area contributed by atoms with Crippen LogP contribution in [0.5, 0.6) is 0 Å². The van der Waals surface area contributed by atoms with E-state index in [-0.39, 0.29) is 11.3 Å². The third-order valence-corrected chi connectivity index (χ3v) is 2.51. The molecule has 92 valence electrons. The molecular formula is C13H16F2N2. The van der Waals surface area contributed by atoms with Crippen molar-refractivity contribution in [2.45, 2.75) is 26.7 Å². The first-order chi connectivity index (χ1) is 8.15. The van der Waals surface area contributed by atoms with Gasteiger partial charge < -0.3 is 4.90 Å². The molecule has 0 aliphatic rings. The van der Waals surface area contributed by atoms with Gasteiger partial charge in [-0.05, 0) is 25.0 Å². The molecule has 4 heteroatoms. The fraction of sp³-hybridized carbons (Fsp3) is 0.462. The lowest BCUT2D eigenvalue weighted by Gasteiger charge is -2.24. The largest absolute Gasteiger partial charge is 0.369 e. The first-order valence-corrected chi connectivity index (χ1v) is 5.78. The van der Waals surface area contributed by atoms with Gasteiger partial charge in [-0.2, -0.15) is 5.26 Å². The summed E-state index contributed by atoms with van der Waals surface area (Å²) >= 11 is 0. The zero-order valence-corrected chi connectivity index (χ0v) is 10.1. The van der Waals surface area contributed by atoms with E-state index in [2.05, 4.69) is 0 Å². The van der Waals surface area contributed by atoms with Crippen molar-refractivity contribution in [2.75, 3.05) is 18.0 Å². The van der Waals surface area contributed by atoms with Gasteiger partial charge in [-0.1, -0.05) is 13.8 Å². The zero-order valence-electron chi connectivity index (χ0n) is 10.1. The van der Waals surface area contributed by atoms with Crippen molar-refractivity contribution in [2.24, 2.45) is 0 Å². The molecular weight excluding hydrogens is 222 g/mol. The van der Waals surface area contributed by atoms with E-state index in [1.54, 1.807) is 11.0 Å². The van der Waals surface area contributed by atoms with Gasteiger partial charge in [-0.3, -0.25) is 0 Å². The Kier molecular flexibility index (Phi) is 4.89. The van der Waals surface area contributed by atoms with Crippen LogP contribution in [-0.2, 0) is 0 Å². The number of anilines is 1. The Bertz CT molecular complexity index is 418. The van der Waals surface area contributed by atoms with Crippen LogP contribution < -0.4 is 4.90 Å². The molecule has 0 radical (unpaired) electrons. The molecule has 0 atom stereocenters. The van der Waals surface area contributed by atoms with Gasteiger partial charge in [-0.15, -0.1) is 0 Å². The maximum Gasteiger partial charge on any atom is 0.183 e. The van der Waals surface area contributed by atoms with Gasteiger partial charge in [-0.25, -0.2) is 8.78 Å². The second kappa shape index (κ2) is 6.19. The van der Waals surface area contributed by atoms with Gasteiger partial charge in [0.05, 0.1) is 11.3 Å². The third-order valence-electron chi connectivity index (χ3n) is 2.51. The Hall–Kier alpha value is -1.63. The maximum absolute atomic E-state index is 13.8. The Morgan fingerprint density at radius 2 is 1.71 bits per heavy atom. The molecule has 0 saturated carbocycles. The van der Waals surface area contributed by atoms with E-state index in [1.807, 2.05) is 13.8 Å². The zero-order chi connectivity index (χ0) is 12.8. The normalized spacial score (nSPS) is 10.1. The highest BCUT2D eigenvalue weighted by Crippen LogP contribution is 2.24. The van der Waals surface area contributed by atoms with Crippen LogP contribution >= 0.6 is 0 Å². The van der Waals surface area contributed by atoms with Crippen LogP contribution in [0, 0.1) is 23.0 Å². The molecule has 0 fully saturated rings. The monoisotopic (exact) mass is 238 g/mol. The Balaban J connectivity index is 3.12. The molecule has 0 heterocycles. The molecule has 1 aromatic carbocycles. The van der Waals surface area contributed by atoms with Gasteiger partial charge >= 0.3 is 0 Å². The molecule has 0 saturated heterocycles. The first kappa shape index (κ1) is 13.4. The van der Waals surface area contributed by atoms with Crippen LogP contribution in [0.15, 0.2) is 12.1 Å². The SMILES string of the molecule is CCCN(CCC)c1ccc(C#N)c(F)c1F. The fourth-order valence-electron chi connectivity index (χ4n) is 1.76. The van der Waals surface area contributed by atoms with E-state index in [1.165, 1.54) is 12.1 Å². The summed E-state index contributed by atoms with van der Waals surface area (Å²) in [5.74, 6) is -1.98. The highest BCUT2D eigenvalue weighted by atomic mass is 19.2. The lowest BCUT2D eigenvalue weighted by molar-refractivity contribution is 0.503. The van der Waals surface area contributed by atoms with Crippen LogP contribution in [0.3, 0.4) is 0 Å². The van der Waals surface area contributed by atoms with E-state index in [9.17, 15) is 8.78 Å². The molecule has 0 amide bonds.